The molecule has 0 bridgehead atoms. The number of carbonyl (C=O) groups excluding carboxylic acids is 1. The summed E-state index contributed by atoms with van der Waals surface area (Å²) >= 11 is 0. The molecule has 0 aliphatic heterocycles. The van der Waals surface area contributed by atoms with Crippen LogP contribution in [0.4, 0.5) is 18.9 Å². The molecular weight excluding hydrogens is 281 g/mol. The van der Waals surface area contributed by atoms with Gasteiger partial charge in [0.1, 0.15) is 6.04 Å². The maximum atomic E-state index is 12.5. The highest BCUT2D eigenvalue weighted by Gasteiger charge is 2.33. The highest BCUT2D eigenvalue weighted by molar-refractivity contribution is 5.76. The molecule has 0 saturated carbocycles. The summed E-state index contributed by atoms with van der Waals surface area (Å²) < 4.78 is 41.8. The van der Waals surface area contributed by atoms with Crippen LogP contribution in [0.3, 0.4) is 0 Å². The normalized spacial score (nSPS) is 12.8. The minimum absolute atomic E-state index is 0.0686. The van der Waals surface area contributed by atoms with Gasteiger partial charge in [-0.1, -0.05) is 6.07 Å². The predicted molar refractivity (Wildman–Crippen MR) is 61.8 cm³/mol. The number of nitrogens with two attached hydrogens (primary N) is 1. The summed E-state index contributed by atoms with van der Waals surface area (Å²) in [6, 6.07) is 0.866. The molecule has 0 spiro atoms. The topological polar surface area (TPSA) is 95.5 Å². The number of ether oxygens (including phenoxy) is 1. The highest BCUT2D eigenvalue weighted by atomic mass is 19.4. The van der Waals surface area contributed by atoms with Crippen LogP contribution in [-0.4, -0.2) is 24.0 Å². The third-order valence-corrected chi connectivity index (χ3v) is 2.55. The maximum absolute atomic E-state index is 12.5. The van der Waals surface area contributed by atoms with Gasteiger partial charge in [-0.05, 0) is 6.07 Å². The molecule has 6 nitrogen and oxygen atoms in total. The zero-order chi connectivity index (χ0) is 15.5. The molecule has 1 atom stereocenters. The Balaban J connectivity index is 3.15. The van der Waals surface area contributed by atoms with E-state index in [1.165, 1.54) is 0 Å². The van der Waals surface area contributed by atoms with E-state index in [1.54, 1.807) is 0 Å². The fourth-order valence-electron chi connectivity index (χ4n) is 1.55. The molecular formula is C11H11F3N2O4. The molecule has 1 aromatic rings. The second kappa shape index (κ2) is 5.87. The fourth-order valence-corrected chi connectivity index (χ4v) is 1.55. The van der Waals surface area contributed by atoms with Crippen LogP contribution in [0.15, 0.2) is 18.2 Å². The van der Waals surface area contributed by atoms with Gasteiger partial charge < -0.3 is 10.5 Å². The molecule has 0 aromatic heterocycles. The first-order valence-corrected chi connectivity index (χ1v) is 5.34. The Labute approximate surface area is 111 Å². The van der Waals surface area contributed by atoms with Crippen LogP contribution in [0.5, 0.6) is 0 Å². The average Bonchev–Trinajstić information content (AvgIpc) is 2.36. The number of nitro groups is 1. The number of hydrogen-bond donors (Lipinski definition) is 1. The second-order valence-electron chi connectivity index (χ2n) is 3.93. The standard InChI is InChI=1S/C11H11F3N2O4/c1-20-10(17)8(15)4-6-2-3-7(11(12,13)14)5-9(6)16(18)19/h2-3,5,8H,4,15H2,1H3. The Bertz CT molecular complexity index is 531. The molecule has 2 N–H and O–H groups in total. The number of hydrogen-bond acceptors (Lipinski definition) is 5. The number of carbonyl (C=O) groups is 1. The Hall–Kier alpha value is -2.16. The van der Waals surface area contributed by atoms with Crippen molar-refractivity contribution in [2.45, 2.75) is 18.6 Å². The third-order valence-electron chi connectivity index (χ3n) is 2.55. The fraction of sp³-hybridized carbons (Fsp3) is 0.364. The van der Waals surface area contributed by atoms with E-state index in [0.717, 1.165) is 13.2 Å². The summed E-state index contributed by atoms with van der Waals surface area (Å²) in [7, 11) is 1.09. The molecule has 0 saturated heterocycles. The van der Waals surface area contributed by atoms with Crippen LogP contribution in [0, 0.1) is 10.1 Å². The average molecular weight is 292 g/mol. The molecule has 0 aliphatic rings. The Kier molecular flexibility index (Phi) is 4.66. The van der Waals surface area contributed by atoms with Gasteiger partial charge in [-0.15, -0.1) is 0 Å². The van der Waals surface area contributed by atoms with Crippen molar-refractivity contribution >= 4 is 11.7 Å². The smallest absolute Gasteiger partial charge is 0.416 e. The maximum Gasteiger partial charge on any atom is 0.416 e. The van der Waals surface area contributed by atoms with Gasteiger partial charge in [-0.3, -0.25) is 14.9 Å². The first-order valence-electron chi connectivity index (χ1n) is 5.34. The predicted octanol–water partition coefficient (Wildman–Crippen LogP) is 1.66. The molecule has 20 heavy (non-hydrogen) atoms. The largest absolute Gasteiger partial charge is 0.468 e. The highest BCUT2D eigenvalue weighted by Crippen LogP contribution is 2.33. The first kappa shape index (κ1) is 15.9. The molecule has 1 rings (SSSR count). The molecule has 110 valence electrons. The molecule has 0 heterocycles. The Morgan fingerprint density at radius 3 is 2.55 bits per heavy atom. The van der Waals surface area contributed by atoms with E-state index < -0.39 is 34.4 Å². The summed E-state index contributed by atoms with van der Waals surface area (Å²) in [5.74, 6) is -0.806. The van der Waals surface area contributed by atoms with Crippen LogP contribution < -0.4 is 5.73 Å². The quantitative estimate of drug-likeness (QED) is 0.517. The van der Waals surface area contributed by atoms with Crippen molar-refractivity contribution in [2.75, 3.05) is 7.11 Å². The van der Waals surface area contributed by atoms with Crippen LogP contribution in [0.1, 0.15) is 11.1 Å². The van der Waals surface area contributed by atoms with E-state index in [2.05, 4.69) is 4.74 Å². The SMILES string of the molecule is COC(=O)C(N)Cc1ccc(C(F)(F)F)cc1[N+](=O)[O-]. The first-order chi connectivity index (χ1) is 9.16. The van der Waals surface area contributed by atoms with Gasteiger partial charge in [0.2, 0.25) is 0 Å². The lowest BCUT2D eigenvalue weighted by atomic mass is 10.0. The lowest BCUT2D eigenvalue weighted by Gasteiger charge is -2.11. The van der Waals surface area contributed by atoms with Gasteiger partial charge >= 0.3 is 12.1 Å². The Morgan fingerprint density at radius 1 is 1.50 bits per heavy atom. The number of esters is 1. The number of alkyl halides is 3. The summed E-state index contributed by atoms with van der Waals surface area (Å²) in [6.07, 6.45) is -4.98. The van der Waals surface area contributed by atoms with Crippen molar-refractivity contribution < 1.29 is 27.6 Å². The van der Waals surface area contributed by atoms with Crippen molar-refractivity contribution in [1.82, 2.24) is 0 Å². The second-order valence-corrected chi connectivity index (χ2v) is 3.93. The number of benzene rings is 1. The lowest BCUT2D eigenvalue weighted by molar-refractivity contribution is -0.385. The molecule has 0 aliphatic carbocycles. The summed E-state index contributed by atoms with van der Waals surface area (Å²) in [5, 5.41) is 10.8. The van der Waals surface area contributed by atoms with E-state index in [4.69, 9.17) is 5.73 Å². The molecule has 1 unspecified atom stereocenters. The van der Waals surface area contributed by atoms with E-state index in [0.29, 0.717) is 12.1 Å². The van der Waals surface area contributed by atoms with Crippen LogP contribution in [0.25, 0.3) is 0 Å². The molecule has 9 heteroatoms. The summed E-state index contributed by atoms with van der Waals surface area (Å²) in [4.78, 5) is 21.0. The van der Waals surface area contributed by atoms with Gasteiger partial charge in [0.25, 0.3) is 5.69 Å². The molecule has 0 fully saturated rings. The van der Waals surface area contributed by atoms with Crippen LogP contribution in [-0.2, 0) is 22.1 Å². The van der Waals surface area contributed by atoms with Gasteiger partial charge in [0.05, 0.1) is 17.6 Å². The summed E-state index contributed by atoms with van der Waals surface area (Å²) in [5.41, 5.74) is 3.49. The van der Waals surface area contributed by atoms with Crippen molar-refractivity contribution in [3.63, 3.8) is 0 Å². The minimum Gasteiger partial charge on any atom is -0.468 e. The molecule has 0 amide bonds. The van der Waals surface area contributed by atoms with E-state index in [-0.39, 0.29) is 12.0 Å². The number of nitro benzene ring substituents is 1. The number of nitrogens with zero attached hydrogens (tertiary/aromatic N) is 1. The van der Waals surface area contributed by atoms with Gasteiger partial charge in [-0.2, -0.15) is 13.2 Å². The van der Waals surface area contributed by atoms with Gasteiger partial charge in [0, 0.05) is 18.1 Å². The number of halogens is 3. The monoisotopic (exact) mass is 292 g/mol. The van der Waals surface area contributed by atoms with Gasteiger partial charge in [-0.25, -0.2) is 0 Å². The third kappa shape index (κ3) is 3.67. The minimum atomic E-state index is -4.69. The van der Waals surface area contributed by atoms with Crippen LogP contribution >= 0.6 is 0 Å². The Morgan fingerprint density at radius 2 is 2.10 bits per heavy atom. The van der Waals surface area contributed by atoms with E-state index >= 15 is 0 Å². The van der Waals surface area contributed by atoms with Crippen molar-refractivity contribution in [3.8, 4) is 0 Å². The zero-order valence-corrected chi connectivity index (χ0v) is 10.3. The molecule has 0 radical (unpaired) electrons. The zero-order valence-electron chi connectivity index (χ0n) is 10.3. The number of methoxy groups -OCH3 is 1. The molecule has 1 aromatic carbocycles. The van der Waals surface area contributed by atoms with Gasteiger partial charge in [0.15, 0.2) is 0 Å². The van der Waals surface area contributed by atoms with Crippen molar-refractivity contribution in [3.05, 3.63) is 39.4 Å². The summed E-state index contributed by atoms with van der Waals surface area (Å²) in [6.45, 7) is 0. The van der Waals surface area contributed by atoms with Crippen molar-refractivity contribution in [2.24, 2.45) is 5.73 Å². The van der Waals surface area contributed by atoms with E-state index in [1.807, 2.05) is 0 Å². The van der Waals surface area contributed by atoms with E-state index in [9.17, 15) is 28.1 Å². The van der Waals surface area contributed by atoms with Crippen molar-refractivity contribution in [1.29, 1.82) is 0 Å². The lowest BCUT2D eigenvalue weighted by Crippen LogP contribution is -2.33. The van der Waals surface area contributed by atoms with Crippen LogP contribution in [0.2, 0.25) is 0 Å². The number of rotatable bonds is 4.